The summed E-state index contributed by atoms with van der Waals surface area (Å²) >= 11 is 0. The molecule has 2 aromatic carbocycles. The van der Waals surface area contributed by atoms with Crippen molar-refractivity contribution in [1.29, 1.82) is 0 Å². The first-order chi connectivity index (χ1) is 8.84. The normalized spacial score (nSPS) is 11.6. The molecule has 18 heavy (non-hydrogen) atoms. The first-order valence-corrected chi connectivity index (χ1v) is 5.82. The molecular formula is C15H10N2O. The van der Waals surface area contributed by atoms with Gasteiger partial charge in [-0.15, -0.1) is 0 Å². The van der Waals surface area contributed by atoms with Crippen molar-refractivity contribution in [3.8, 4) is 5.75 Å². The topological polar surface area (TPSA) is 48.9 Å². The van der Waals surface area contributed by atoms with Crippen LogP contribution in [-0.2, 0) is 0 Å². The number of para-hydroxylation sites is 1. The number of nitrogens with zero attached hydrogens (tertiary/aromatic N) is 1. The molecule has 0 aliphatic carbocycles. The Hall–Kier alpha value is -2.55. The number of hydrogen-bond acceptors (Lipinski definition) is 2. The van der Waals surface area contributed by atoms with Gasteiger partial charge in [0.1, 0.15) is 5.75 Å². The van der Waals surface area contributed by atoms with Crippen LogP contribution in [0.3, 0.4) is 0 Å². The van der Waals surface area contributed by atoms with E-state index in [0.717, 1.165) is 32.7 Å². The van der Waals surface area contributed by atoms with Gasteiger partial charge in [-0.25, -0.2) is 0 Å². The second-order valence-electron chi connectivity index (χ2n) is 4.39. The monoisotopic (exact) mass is 234 g/mol. The van der Waals surface area contributed by atoms with E-state index in [1.807, 2.05) is 36.5 Å². The van der Waals surface area contributed by atoms with E-state index in [4.69, 9.17) is 0 Å². The Morgan fingerprint density at radius 3 is 2.72 bits per heavy atom. The number of nitrogens with one attached hydrogen (secondary N) is 1. The van der Waals surface area contributed by atoms with Crippen molar-refractivity contribution in [1.82, 2.24) is 9.97 Å². The molecule has 2 heterocycles. The predicted molar refractivity (Wildman–Crippen MR) is 72.8 cm³/mol. The van der Waals surface area contributed by atoms with Gasteiger partial charge in [0.15, 0.2) is 0 Å². The minimum Gasteiger partial charge on any atom is -0.507 e. The Morgan fingerprint density at radius 1 is 0.889 bits per heavy atom. The third kappa shape index (κ3) is 1.10. The van der Waals surface area contributed by atoms with Crippen LogP contribution in [0.5, 0.6) is 5.75 Å². The molecule has 0 aliphatic rings. The quantitative estimate of drug-likeness (QED) is 0.488. The van der Waals surface area contributed by atoms with Crippen molar-refractivity contribution in [2.45, 2.75) is 0 Å². The maximum absolute atomic E-state index is 10.1. The Morgan fingerprint density at radius 2 is 1.78 bits per heavy atom. The molecule has 0 spiro atoms. The molecule has 0 atom stereocenters. The van der Waals surface area contributed by atoms with Gasteiger partial charge in [-0.1, -0.05) is 24.3 Å². The highest BCUT2D eigenvalue weighted by Crippen LogP contribution is 2.35. The SMILES string of the molecule is Oc1cccc2ncc3[nH]c4ccccc4c3c12. The third-order valence-electron chi connectivity index (χ3n) is 3.34. The van der Waals surface area contributed by atoms with E-state index < -0.39 is 0 Å². The molecule has 0 saturated carbocycles. The highest BCUT2D eigenvalue weighted by molar-refractivity contribution is 6.20. The summed E-state index contributed by atoms with van der Waals surface area (Å²) in [7, 11) is 0. The smallest absolute Gasteiger partial charge is 0.125 e. The van der Waals surface area contributed by atoms with E-state index in [-0.39, 0.29) is 5.75 Å². The van der Waals surface area contributed by atoms with E-state index in [0.29, 0.717) is 0 Å². The summed E-state index contributed by atoms with van der Waals surface area (Å²) in [5.41, 5.74) is 2.82. The Bertz CT molecular complexity index is 893. The second kappa shape index (κ2) is 3.23. The zero-order valence-corrected chi connectivity index (χ0v) is 9.51. The molecule has 2 N–H and O–H groups in total. The van der Waals surface area contributed by atoms with Crippen molar-refractivity contribution in [3.05, 3.63) is 48.7 Å². The average molecular weight is 234 g/mol. The standard InChI is InChI=1S/C15H10N2O/c18-13-7-3-6-11-15(13)14-9-4-1-2-5-10(9)17-12(14)8-16-11/h1-8,17-18H. The number of aromatic amines is 1. The van der Waals surface area contributed by atoms with Crippen LogP contribution in [0.1, 0.15) is 0 Å². The lowest BCUT2D eigenvalue weighted by Gasteiger charge is -2.01. The first kappa shape index (κ1) is 9.48. The molecule has 3 nitrogen and oxygen atoms in total. The minimum atomic E-state index is 0.273. The lowest BCUT2D eigenvalue weighted by atomic mass is 10.1. The number of H-pyrrole nitrogens is 1. The number of hydrogen-bond donors (Lipinski definition) is 2. The highest BCUT2D eigenvalue weighted by Gasteiger charge is 2.10. The molecule has 0 amide bonds. The van der Waals surface area contributed by atoms with Gasteiger partial charge in [-0.05, 0) is 18.2 Å². The molecule has 0 fully saturated rings. The zero-order valence-electron chi connectivity index (χ0n) is 9.51. The summed E-state index contributed by atoms with van der Waals surface area (Å²) in [6.45, 7) is 0. The molecule has 0 radical (unpaired) electrons. The van der Waals surface area contributed by atoms with E-state index in [1.54, 1.807) is 6.07 Å². The maximum atomic E-state index is 10.1. The van der Waals surface area contributed by atoms with Gasteiger partial charge in [0.05, 0.1) is 22.6 Å². The summed E-state index contributed by atoms with van der Waals surface area (Å²) in [4.78, 5) is 7.70. The molecular weight excluding hydrogens is 224 g/mol. The molecule has 0 aliphatic heterocycles. The van der Waals surface area contributed by atoms with Crippen molar-refractivity contribution in [2.75, 3.05) is 0 Å². The van der Waals surface area contributed by atoms with Gasteiger partial charge >= 0.3 is 0 Å². The maximum Gasteiger partial charge on any atom is 0.125 e. The summed E-state index contributed by atoms with van der Waals surface area (Å²) in [5.74, 6) is 0.273. The predicted octanol–water partition coefficient (Wildman–Crippen LogP) is 3.57. The Labute approximate surface area is 103 Å². The third-order valence-corrected chi connectivity index (χ3v) is 3.34. The number of rotatable bonds is 0. The van der Waals surface area contributed by atoms with Gasteiger partial charge in [-0.3, -0.25) is 4.98 Å². The lowest BCUT2D eigenvalue weighted by Crippen LogP contribution is -1.80. The largest absolute Gasteiger partial charge is 0.507 e. The van der Waals surface area contributed by atoms with Crippen LogP contribution in [0.15, 0.2) is 48.7 Å². The van der Waals surface area contributed by atoms with Crippen LogP contribution in [0.4, 0.5) is 0 Å². The molecule has 0 saturated heterocycles. The zero-order chi connectivity index (χ0) is 12.1. The van der Waals surface area contributed by atoms with Crippen molar-refractivity contribution < 1.29 is 5.11 Å². The van der Waals surface area contributed by atoms with Gasteiger partial charge in [0.2, 0.25) is 0 Å². The van der Waals surface area contributed by atoms with Crippen LogP contribution in [0, 0.1) is 0 Å². The fraction of sp³-hybridized carbons (Fsp3) is 0. The average Bonchev–Trinajstić information content (AvgIpc) is 2.77. The Balaban J connectivity index is 2.40. The van der Waals surface area contributed by atoms with Gasteiger partial charge in [0, 0.05) is 16.3 Å². The second-order valence-corrected chi connectivity index (χ2v) is 4.39. The minimum absolute atomic E-state index is 0.273. The summed E-state index contributed by atoms with van der Waals surface area (Å²) in [5, 5.41) is 13.1. The summed E-state index contributed by atoms with van der Waals surface area (Å²) in [6.07, 6.45) is 1.82. The number of phenolic OH excluding ortho intramolecular Hbond substituents is 1. The molecule has 3 heteroatoms. The lowest BCUT2D eigenvalue weighted by molar-refractivity contribution is 0.482. The molecule has 0 unspecified atom stereocenters. The van der Waals surface area contributed by atoms with Crippen molar-refractivity contribution in [3.63, 3.8) is 0 Å². The van der Waals surface area contributed by atoms with Gasteiger partial charge in [-0.2, -0.15) is 0 Å². The molecule has 4 rings (SSSR count). The number of benzene rings is 2. The fourth-order valence-corrected chi connectivity index (χ4v) is 2.56. The number of aromatic hydroxyl groups is 1. The van der Waals surface area contributed by atoms with Gasteiger partial charge < -0.3 is 10.1 Å². The number of aromatic nitrogens is 2. The van der Waals surface area contributed by atoms with Gasteiger partial charge in [0.25, 0.3) is 0 Å². The highest BCUT2D eigenvalue weighted by atomic mass is 16.3. The van der Waals surface area contributed by atoms with Crippen LogP contribution >= 0.6 is 0 Å². The van der Waals surface area contributed by atoms with E-state index in [2.05, 4.69) is 16.0 Å². The van der Waals surface area contributed by atoms with Crippen LogP contribution < -0.4 is 0 Å². The van der Waals surface area contributed by atoms with Crippen molar-refractivity contribution in [2.24, 2.45) is 0 Å². The fourth-order valence-electron chi connectivity index (χ4n) is 2.56. The Kier molecular flexibility index (Phi) is 1.70. The number of pyridine rings is 1. The first-order valence-electron chi connectivity index (χ1n) is 5.82. The van der Waals surface area contributed by atoms with Crippen LogP contribution in [-0.4, -0.2) is 15.1 Å². The molecule has 2 aromatic heterocycles. The summed E-state index contributed by atoms with van der Waals surface area (Å²) in [6, 6.07) is 13.5. The molecule has 0 bridgehead atoms. The van der Waals surface area contributed by atoms with Crippen molar-refractivity contribution >= 4 is 32.7 Å². The van der Waals surface area contributed by atoms with E-state index in [9.17, 15) is 5.11 Å². The molecule has 86 valence electrons. The number of phenols is 1. The number of fused-ring (bicyclic) bond motifs is 5. The van der Waals surface area contributed by atoms with Crippen LogP contribution in [0.25, 0.3) is 32.7 Å². The van der Waals surface area contributed by atoms with E-state index in [1.165, 1.54) is 0 Å². The van der Waals surface area contributed by atoms with E-state index >= 15 is 0 Å². The molecule has 4 aromatic rings. The summed E-state index contributed by atoms with van der Waals surface area (Å²) < 4.78 is 0. The van der Waals surface area contributed by atoms with Crippen LogP contribution in [0.2, 0.25) is 0 Å².